The van der Waals surface area contributed by atoms with E-state index < -0.39 is 0 Å². The Labute approximate surface area is 157 Å². The van der Waals surface area contributed by atoms with Gasteiger partial charge in [0.15, 0.2) is 5.16 Å². The zero-order chi connectivity index (χ0) is 18.4. The molecule has 0 saturated carbocycles. The lowest BCUT2D eigenvalue weighted by Crippen LogP contribution is -1.91. The van der Waals surface area contributed by atoms with Crippen molar-refractivity contribution >= 4 is 11.8 Å². The fraction of sp³-hybridized carbons (Fsp3) is 0.250. The van der Waals surface area contributed by atoms with Gasteiger partial charge in [-0.2, -0.15) is 0 Å². The number of hydrogen-bond acceptors (Lipinski definition) is 5. The highest BCUT2D eigenvalue weighted by molar-refractivity contribution is 7.99. The second kappa shape index (κ2) is 8.78. The Balaban J connectivity index is 1.98. The maximum Gasteiger partial charge on any atom is 0.166 e. The maximum absolute atomic E-state index is 5.26. The predicted molar refractivity (Wildman–Crippen MR) is 105 cm³/mol. The summed E-state index contributed by atoms with van der Waals surface area (Å²) in [5, 5.41) is 0.874. The van der Waals surface area contributed by atoms with E-state index in [1.807, 2.05) is 48.5 Å². The molecule has 3 aromatic rings. The van der Waals surface area contributed by atoms with Crippen LogP contribution in [0.2, 0.25) is 0 Å². The predicted octanol–water partition coefficient (Wildman–Crippen LogP) is 4.50. The molecule has 26 heavy (non-hydrogen) atoms. The molecule has 1 heterocycles. The molecule has 0 aliphatic carbocycles. The van der Waals surface area contributed by atoms with Crippen LogP contribution in [0.25, 0.3) is 22.5 Å². The Morgan fingerprint density at radius 1 is 0.846 bits per heavy atom. The molecule has 1 aromatic heterocycles. The molecule has 136 valence electrons. The topological polar surface area (TPSA) is 56.4 Å². The number of imidazole rings is 1. The van der Waals surface area contributed by atoms with E-state index in [1.165, 1.54) is 0 Å². The zero-order valence-corrected chi connectivity index (χ0v) is 15.9. The molecule has 0 aliphatic heterocycles. The summed E-state index contributed by atoms with van der Waals surface area (Å²) in [6, 6.07) is 15.9. The fourth-order valence-electron chi connectivity index (χ4n) is 2.57. The van der Waals surface area contributed by atoms with Gasteiger partial charge in [-0.25, -0.2) is 4.98 Å². The van der Waals surface area contributed by atoms with Crippen molar-refractivity contribution in [1.29, 1.82) is 0 Å². The van der Waals surface area contributed by atoms with Crippen molar-refractivity contribution in [3.63, 3.8) is 0 Å². The van der Waals surface area contributed by atoms with Gasteiger partial charge in [0.25, 0.3) is 0 Å². The van der Waals surface area contributed by atoms with Gasteiger partial charge in [0, 0.05) is 24.0 Å². The monoisotopic (exact) mass is 370 g/mol. The average Bonchev–Trinajstić information content (AvgIpc) is 3.12. The average molecular weight is 370 g/mol. The Morgan fingerprint density at radius 3 is 1.96 bits per heavy atom. The molecule has 0 saturated heterocycles. The van der Waals surface area contributed by atoms with E-state index in [-0.39, 0.29) is 0 Å². The van der Waals surface area contributed by atoms with Gasteiger partial charge < -0.3 is 19.2 Å². The van der Waals surface area contributed by atoms with Crippen LogP contribution in [0, 0.1) is 0 Å². The lowest BCUT2D eigenvalue weighted by Gasteiger charge is -2.06. The highest BCUT2D eigenvalue weighted by Crippen LogP contribution is 2.34. The molecular formula is C20H22N2O3S. The van der Waals surface area contributed by atoms with Crippen LogP contribution in [0.15, 0.2) is 53.7 Å². The van der Waals surface area contributed by atoms with E-state index in [0.29, 0.717) is 6.61 Å². The van der Waals surface area contributed by atoms with Crippen LogP contribution in [-0.2, 0) is 4.74 Å². The number of H-pyrrole nitrogens is 1. The summed E-state index contributed by atoms with van der Waals surface area (Å²) in [5.41, 5.74) is 3.99. The van der Waals surface area contributed by atoms with E-state index in [1.54, 1.807) is 33.1 Å². The number of aromatic amines is 1. The third-order valence-electron chi connectivity index (χ3n) is 3.95. The Kier molecular flexibility index (Phi) is 6.20. The highest BCUT2D eigenvalue weighted by atomic mass is 32.2. The highest BCUT2D eigenvalue weighted by Gasteiger charge is 2.15. The van der Waals surface area contributed by atoms with Crippen LogP contribution in [0.4, 0.5) is 0 Å². The molecule has 0 aliphatic rings. The van der Waals surface area contributed by atoms with Gasteiger partial charge in [-0.05, 0) is 48.5 Å². The van der Waals surface area contributed by atoms with Crippen molar-refractivity contribution in [2.24, 2.45) is 0 Å². The van der Waals surface area contributed by atoms with Crippen molar-refractivity contribution < 1.29 is 14.2 Å². The zero-order valence-electron chi connectivity index (χ0n) is 15.1. The SMILES string of the molecule is COCCSc1nc(-c2ccc(OC)cc2)c(-c2ccc(OC)cc2)[nH]1. The van der Waals surface area contributed by atoms with Gasteiger partial charge >= 0.3 is 0 Å². The van der Waals surface area contributed by atoms with Crippen molar-refractivity contribution in [2.45, 2.75) is 5.16 Å². The van der Waals surface area contributed by atoms with Crippen LogP contribution < -0.4 is 9.47 Å². The van der Waals surface area contributed by atoms with E-state index >= 15 is 0 Å². The van der Waals surface area contributed by atoms with Crippen LogP contribution in [0.3, 0.4) is 0 Å². The first-order valence-corrected chi connectivity index (χ1v) is 9.24. The molecule has 5 nitrogen and oxygen atoms in total. The summed E-state index contributed by atoms with van der Waals surface area (Å²) in [6.07, 6.45) is 0. The molecule has 0 unspecified atom stereocenters. The minimum atomic E-state index is 0.682. The quantitative estimate of drug-likeness (QED) is 0.467. The number of thioether (sulfide) groups is 1. The maximum atomic E-state index is 5.26. The second-order valence-corrected chi connectivity index (χ2v) is 6.65. The van der Waals surface area contributed by atoms with E-state index in [9.17, 15) is 0 Å². The largest absolute Gasteiger partial charge is 0.497 e. The number of methoxy groups -OCH3 is 3. The summed E-state index contributed by atoms with van der Waals surface area (Å²) < 4.78 is 15.6. The standard InChI is InChI=1S/C20H22N2O3S/c1-23-12-13-26-20-21-18(14-4-8-16(24-2)9-5-14)19(22-20)15-6-10-17(25-3)11-7-15/h4-11H,12-13H2,1-3H3,(H,21,22). The molecule has 1 N–H and O–H groups in total. The Morgan fingerprint density at radius 2 is 1.42 bits per heavy atom. The Bertz CT molecular complexity index is 764. The third-order valence-corrected chi connectivity index (χ3v) is 4.79. The lowest BCUT2D eigenvalue weighted by molar-refractivity contribution is 0.218. The smallest absolute Gasteiger partial charge is 0.166 e. The van der Waals surface area contributed by atoms with E-state index in [0.717, 1.165) is 44.9 Å². The van der Waals surface area contributed by atoms with E-state index in [4.69, 9.17) is 19.2 Å². The molecule has 0 atom stereocenters. The van der Waals surface area contributed by atoms with Crippen molar-refractivity contribution in [1.82, 2.24) is 9.97 Å². The first kappa shape index (κ1) is 18.4. The van der Waals surface area contributed by atoms with Gasteiger partial charge in [-0.3, -0.25) is 0 Å². The van der Waals surface area contributed by atoms with Gasteiger partial charge in [-0.1, -0.05) is 11.8 Å². The molecule has 6 heteroatoms. The number of hydrogen-bond donors (Lipinski definition) is 1. The van der Waals surface area contributed by atoms with Crippen LogP contribution in [0.1, 0.15) is 0 Å². The van der Waals surface area contributed by atoms with Crippen LogP contribution in [0.5, 0.6) is 11.5 Å². The number of nitrogens with one attached hydrogen (secondary N) is 1. The van der Waals surface area contributed by atoms with Crippen molar-refractivity contribution in [2.75, 3.05) is 33.7 Å². The van der Waals surface area contributed by atoms with Crippen molar-refractivity contribution in [3.05, 3.63) is 48.5 Å². The first-order chi connectivity index (χ1) is 12.7. The molecule has 2 aromatic carbocycles. The van der Waals surface area contributed by atoms with Gasteiger partial charge in [0.2, 0.25) is 0 Å². The molecule has 0 radical (unpaired) electrons. The van der Waals surface area contributed by atoms with Crippen LogP contribution >= 0.6 is 11.8 Å². The summed E-state index contributed by atoms with van der Waals surface area (Å²) >= 11 is 1.64. The second-order valence-electron chi connectivity index (χ2n) is 5.56. The molecular weight excluding hydrogens is 348 g/mol. The summed E-state index contributed by atoms with van der Waals surface area (Å²) in [6.45, 7) is 0.682. The van der Waals surface area contributed by atoms with Gasteiger partial charge in [-0.15, -0.1) is 0 Å². The number of rotatable bonds is 8. The molecule has 0 amide bonds. The molecule has 0 bridgehead atoms. The van der Waals surface area contributed by atoms with E-state index in [2.05, 4.69) is 4.98 Å². The summed E-state index contributed by atoms with van der Waals surface area (Å²) in [5.74, 6) is 2.49. The van der Waals surface area contributed by atoms with Crippen LogP contribution in [-0.4, -0.2) is 43.7 Å². The number of benzene rings is 2. The summed E-state index contributed by atoms with van der Waals surface area (Å²) in [7, 11) is 5.03. The summed E-state index contributed by atoms with van der Waals surface area (Å²) in [4.78, 5) is 8.25. The molecule has 3 rings (SSSR count). The number of nitrogens with zero attached hydrogens (tertiary/aromatic N) is 1. The number of aromatic nitrogens is 2. The minimum absolute atomic E-state index is 0.682. The normalized spacial score (nSPS) is 10.7. The van der Waals surface area contributed by atoms with Gasteiger partial charge in [0.05, 0.1) is 32.2 Å². The fourth-order valence-corrected chi connectivity index (χ4v) is 3.34. The minimum Gasteiger partial charge on any atom is -0.497 e. The third kappa shape index (κ3) is 4.20. The Hall–Kier alpha value is -2.44. The number of ether oxygens (including phenoxy) is 3. The molecule has 0 spiro atoms. The lowest BCUT2D eigenvalue weighted by atomic mass is 10.0. The van der Waals surface area contributed by atoms with Crippen molar-refractivity contribution in [3.8, 4) is 34.0 Å². The molecule has 0 fully saturated rings. The van der Waals surface area contributed by atoms with Gasteiger partial charge in [0.1, 0.15) is 11.5 Å². The first-order valence-electron chi connectivity index (χ1n) is 8.25.